The Morgan fingerprint density at radius 2 is 2.20 bits per heavy atom. The highest BCUT2D eigenvalue weighted by Gasteiger charge is 2.19. The third-order valence-corrected chi connectivity index (χ3v) is 3.26. The minimum absolute atomic E-state index is 0.691. The Hall–Kier alpha value is -0.120. The van der Waals surface area contributed by atoms with E-state index in [0.29, 0.717) is 6.04 Å². The fourth-order valence-corrected chi connectivity index (χ4v) is 2.00. The molecule has 15 heavy (non-hydrogen) atoms. The number of likely N-dealkylation sites (N-methyl/N-ethyl adjacent to an activating group) is 2. The molecule has 3 nitrogen and oxygen atoms in total. The van der Waals surface area contributed by atoms with Gasteiger partial charge in [0.2, 0.25) is 0 Å². The summed E-state index contributed by atoms with van der Waals surface area (Å²) in [6, 6.07) is 0.691. The number of nitrogens with zero attached hydrogens (tertiary/aromatic N) is 2. The van der Waals surface area contributed by atoms with E-state index < -0.39 is 0 Å². The standard InChI is InChI=1S/C12H27N3/c1-11(2)5-7-14(3)10-12-9-13-6-8-15(12)4/h11-13H,5-10H2,1-4H3. The first kappa shape index (κ1) is 12.9. The highest BCUT2D eigenvalue weighted by atomic mass is 15.2. The summed E-state index contributed by atoms with van der Waals surface area (Å²) in [5, 5.41) is 3.47. The lowest BCUT2D eigenvalue weighted by Crippen LogP contribution is -2.53. The maximum atomic E-state index is 3.47. The first-order valence-corrected chi connectivity index (χ1v) is 6.19. The fraction of sp³-hybridized carbons (Fsp3) is 1.00. The topological polar surface area (TPSA) is 18.5 Å². The first-order chi connectivity index (χ1) is 7.09. The second-order valence-electron chi connectivity index (χ2n) is 5.28. The van der Waals surface area contributed by atoms with Crippen LogP contribution in [0.3, 0.4) is 0 Å². The van der Waals surface area contributed by atoms with E-state index in [9.17, 15) is 0 Å². The van der Waals surface area contributed by atoms with Crippen molar-refractivity contribution in [1.29, 1.82) is 0 Å². The number of nitrogens with one attached hydrogen (secondary N) is 1. The molecule has 0 radical (unpaired) electrons. The van der Waals surface area contributed by atoms with Crippen molar-refractivity contribution >= 4 is 0 Å². The molecule has 1 aliphatic heterocycles. The van der Waals surface area contributed by atoms with Crippen molar-refractivity contribution in [3.8, 4) is 0 Å². The highest BCUT2D eigenvalue weighted by Crippen LogP contribution is 2.05. The molecule has 0 aromatic carbocycles. The van der Waals surface area contributed by atoms with Crippen LogP contribution >= 0.6 is 0 Å². The van der Waals surface area contributed by atoms with Gasteiger partial charge in [-0.05, 0) is 33.0 Å². The van der Waals surface area contributed by atoms with Crippen LogP contribution in [-0.4, -0.2) is 62.7 Å². The minimum atomic E-state index is 0.691. The smallest absolute Gasteiger partial charge is 0.0345 e. The van der Waals surface area contributed by atoms with Crippen molar-refractivity contribution in [1.82, 2.24) is 15.1 Å². The second-order valence-corrected chi connectivity index (χ2v) is 5.28. The van der Waals surface area contributed by atoms with Crippen molar-refractivity contribution in [2.75, 3.05) is 46.8 Å². The summed E-state index contributed by atoms with van der Waals surface area (Å²) in [6.45, 7) is 10.5. The quantitative estimate of drug-likeness (QED) is 0.731. The summed E-state index contributed by atoms with van der Waals surface area (Å²) in [7, 11) is 4.48. The van der Waals surface area contributed by atoms with Crippen molar-refractivity contribution in [3.05, 3.63) is 0 Å². The van der Waals surface area contributed by atoms with Crippen LogP contribution in [0.2, 0.25) is 0 Å². The van der Waals surface area contributed by atoms with Gasteiger partial charge in [-0.3, -0.25) is 4.90 Å². The van der Waals surface area contributed by atoms with Gasteiger partial charge in [-0.25, -0.2) is 0 Å². The van der Waals surface area contributed by atoms with Crippen LogP contribution in [0, 0.1) is 5.92 Å². The SMILES string of the molecule is CC(C)CCN(C)CC1CNCCN1C. The van der Waals surface area contributed by atoms with E-state index in [-0.39, 0.29) is 0 Å². The molecule has 0 saturated carbocycles. The molecule has 90 valence electrons. The van der Waals surface area contributed by atoms with Gasteiger partial charge in [-0.15, -0.1) is 0 Å². The number of hydrogen-bond acceptors (Lipinski definition) is 3. The summed E-state index contributed by atoms with van der Waals surface area (Å²) in [4.78, 5) is 4.94. The number of hydrogen-bond donors (Lipinski definition) is 1. The van der Waals surface area contributed by atoms with Gasteiger partial charge >= 0.3 is 0 Å². The van der Waals surface area contributed by atoms with Crippen LogP contribution in [0.5, 0.6) is 0 Å². The predicted molar refractivity (Wildman–Crippen MR) is 66.2 cm³/mol. The molecule has 1 N–H and O–H groups in total. The zero-order chi connectivity index (χ0) is 11.3. The molecule has 1 heterocycles. The Bertz CT molecular complexity index is 170. The summed E-state index contributed by atoms with van der Waals surface area (Å²) in [5.74, 6) is 0.815. The molecular weight excluding hydrogens is 186 g/mol. The molecule has 3 heteroatoms. The maximum absolute atomic E-state index is 3.47. The normalized spacial score (nSPS) is 24.0. The van der Waals surface area contributed by atoms with Crippen molar-refractivity contribution < 1.29 is 0 Å². The van der Waals surface area contributed by atoms with Gasteiger partial charge in [0, 0.05) is 32.2 Å². The zero-order valence-corrected chi connectivity index (χ0v) is 10.8. The van der Waals surface area contributed by atoms with Crippen LogP contribution in [0.1, 0.15) is 20.3 Å². The van der Waals surface area contributed by atoms with Gasteiger partial charge < -0.3 is 10.2 Å². The third kappa shape index (κ3) is 4.96. The van der Waals surface area contributed by atoms with Gasteiger partial charge in [0.1, 0.15) is 0 Å². The highest BCUT2D eigenvalue weighted by molar-refractivity contribution is 4.79. The Morgan fingerprint density at radius 3 is 2.80 bits per heavy atom. The van der Waals surface area contributed by atoms with Gasteiger partial charge in [0.05, 0.1) is 0 Å². The van der Waals surface area contributed by atoms with Crippen LogP contribution in [0.4, 0.5) is 0 Å². The fourth-order valence-electron chi connectivity index (χ4n) is 2.00. The Kier molecular flexibility index (Phi) is 5.58. The monoisotopic (exact) mass is 213 g/mol. The third-order valence-electron chi connectivity index (χ3n) is 3.26. The lowest BCUT2D eigenvalue weighted by Gasteiger charge is -2.35. The largest absolute Gasteiger partial charge is 0.314 e. The van der Waals surface area contributed by atoms with Gasteiger partial charge in [0.15, 0.2) is 0 Å². The molecule has 1 aliphatic rings. The van der Waals surface area contributed by atoms with Gasteiger partial charge in [-0.1, -0.05) is 13.8 Å². The second kappa shape index (κ2) is 6.46. The molecule has 1 atom stereocenters. The zero-order valence-electron chi connectivity index (χ0n) is 10.8. The molecule has 1 unspecified atom stereocenters. The molecule has 0 bridgehead atoms. The molecule has 0 aliphatic carbocycles. The number of rotatable bonds is 5. The molecule has 0 aromatic heterocycles. The maximum Gasteiger partial charge on any atom is 0.0345 e. The summed E-state index contributed by atoms with van der Waals surface area (Å²) in [5.41, 5.74) is 0. The number of piperazine rings is 1. The molecule has 0 spiro atoms. The van der Waals surface area contributed by atoms with Crippen LogP contribution in [0.25, 0.3) is 0 Å². The van der Waals surface area contributed by atoms with Crippen molar-refractivity contribution in [2.45, 2.75) is 26.3 Å². The van der Waals surface area contributed by atoms with Gasteiger partial charge in [-0.2, -0.15) is 0 Å². The lowest BCUT2D eigenvalue weighted by atomic mass is 10.1. The van der Waals surface area contributed by atoms with E-state index in [0.717, 1.165) is 19.0 Å². The molecule has 1 rings (SSSR count). The van der Waals surface area contributed by atoms with E-state index in [1.54, 1.807) is 0 Å². The predicted octanol–water partition coefficient (Wildman–Crippen LogP) is 0.868. The lowest BCUT2D eigenvalue weighted by molar-refractivity contribution is 0.150. The van der Waals surface area contributed by atoms with E-state index in [1.165, 1.54) is 26.1 Å². The Morgan fingerprint density at radius 1 is 1.47 bits per heavy atom. The summed E-state index contributed by atoms with van der Waals surface area (Å²) < 4.78 is 0. The van der Waals surface area contributed by atoms with Crippen molar-refractivity contribution in [3.63, 3.8) is 0 Å². The average molecular weight is 213 g/mol. The van der Waals surface area contributed by atoms with E-state index in [1.807, 2.05) is 0 Å². The Labute approximate surface area is 94.8 Å². The molecular formula is C12H27N3. The van der Waals surface area contributed by atoms with Crippen LogP contribution in [-0.2, 0) is 0 Å². The first-order valence-electron chi connectivity index (χ1n) is 6.19. The summed E-state index contributed by atoms with van der Waals surface area (Å²) in [6.07, 6.45) is 1.31. The van der Waals surface area contributed by atoms with E-state index in [2.05, 4.69) is 43.1 Å². The summed E-state index contributed by atoms with van der Waals surface area (Å²) >= 11 is 0. The molecule has 0 amide bonds. The minimum Gasteiger partial charge on any atom is -0.314 e. The van der Waals surface area contributed by atoms with E-state index >= 15 is 0 Å². The van der Waals surface area contributed by atoms with Crippen LogP contribution in [0.15, 0.2) is 0 Å². The van der Waals surface area contributed by atoms with Crippen molar-refractivity contribution in [2.24, 2.45) is 5.92 Å². The molecule has 1 saturated heterocycles. The van der Waals surface area contributed by atoms with Crippen LogP contribution < -0.4 is 5.32 Å². The molecule has 1 fully saturated rings. The average Bonchev–Trinajstić information content (AvgIpc) is 2.18. The van der Waals surface area contributed by atoms with E-state index in [4.69, 9.17) is 0 Å². The Balaban J connectivity index is 2.20. The van der Waals surface area contributed by atoms with Gasteiger partial charge in [0.25, 0.3) is 0 Å². The molecule has 0 aromatic rings.